The van der Waals surface area contributed by atoms with Crippen molar-refractivity contribution in [2.45, 2.75) is 19.4 Å². The number of nitrogens with zero attached hydrogens (tertiary/aromatic N) is 4. The van der Waals surface area contributed by atoms with Crippen molar-refractivity contribution >= 4 is 34.3 Å². The Balaban J connectivity index is 1.49. The Kier molecular flexibility index (Phi) is 3.89. The van der Waals surface area contributed by atoms with Crippen molar-refractivity contribution in [1.29, 1.82) is 0 Å². The highest BCUT2D eigenvalue weighted by Crippen LogP contribution is 2.23. The Morgan fingerprint density at radius 3 is 2.72 bits per heavy atom. The van der Waals surface area contributed by atoms with Gasteiger partial charge in [-0.3, -0.25) is 4.79 Å². The number of hydrogen-bond donors (Lipinski definition) is 2. The van der Waals surface area contributed by atoms with Crippen LogP contribution in [0.3, 0.4) is 0 Å². The first kappa shape index (κ1) is 15.3. The summed E-state index contributed by atoms with van der Waals surface area (Å²) in [7, 11) is 0. The molecule has 0 saturated carbocycles. The lowest BCUT2D eigenvalue weighted by atomic mass is 10.2. The summed E-state index contributed by atoms with van der Waals surface area (Å²) in [5.41, 5.74) is 8.32. The van der Waals surface area contributed by atoms with Crippen LogP contribution in [0.2, 0.25) is 0 Å². The van der Waals surface area contributed by atoms with Gasteiger partial charge in [0.15, 0.2) is 5.65 Å². The SMILES string of the molecule is Nc1ccc2c(NCc3ccc(N4CCCC4=O)cc3)ncnc2n1. The summed E-state index contributed by atoms with van der Waals surface area (Å²) in [6, 6.07) is 11.6. The first-order chi connectivity index (χ1) is 12.2. The molecule has 0 bridgehead atoms. The minimum absolute atomic E-state index is 0.199. The van der Waals surface area contributed by atoms with Gasteiger partial charge in [-0.05, 0) is 36.2 Å². The molecule has 25 heavy (non-hydrogen) atoms. The molecule has 1 fully saturated rings. The predicted octanol–water partition coefficient (Wildman–Crippen LogP) is 2.35. The molecule has 126 valence electrons. The highest BCUT2D eigenvalue weighted by atomic mass is 16.2. The fraction of sp³-hybridized carbons (Fsp3) is 0.222. The van der Waals surface area contributed by atoms with Crippen LogP contribution >= 0.6 is 0 Å². The minimum Gasteiger partial charge on any atom is -0.384 e. The molecule has 1 aliphatic heterocycles. The quantitative estimate of drug-likeness (QED) is 0.760. The summed E-state index contributed by atoms with van der Waals surface area (Å²) in [6.45, 7) is 1.42. The topological polar surface area (TPSA) is 97.0 Å². The fourth-order valence-corrected chi connectivity index (χ4v) is 3.00. The lowest BCUT2D eigenvalue weighted by Crippen LogP contribution is -2.23. The number of pyridine rings is 1. The molecule has 0 radical (unpaired) electrons. The molecule has 1 saturated heterocycles. The number of nitrogen functional groups attached to an aromatic ring is 1. The molecule has 3 aromatic rings. The average molecular weight is 334 g/mol. The molecule has 7 heteroatoms. The maximum Gasteiger partial charge on any atom is 0.227 e. The lowest BCUT2D eigenvalue weighted by molar-refractivity contribution is -0.117. The molecule has 1 aromatic carbocycles. The van der Waals surface area contributed by atoms with Crippen LogP contribution in [0.1, 0.15) is 18.4 Å². The van der Waals surface area contributed by atoms with Gasteiger partial charge in [-0.1, -0.05) is 12.1 Å². The number of carbonyl (C=O) groups is 1. The lowest BCUT2D eigenvalue weighted by Gasteiger charge is -2.16. The van der Waals surface area contributed by atoms with E-state index in [0.717, 1.165) is 35.4 Å². The third-order valence-corrected chi connectivity index (χ3v) is 4.30. The van der Waals surface area contributed by atoms with E-state index in [4.69, 9.17) is 5.73 Å². The molecule has 0 spiro atoms. The van der Waals surface area contributed by atoms with E-state index in [1.807, 2.05) is 35.2 Å². The van der Waals surface area contributed by atoms with E-state index in [2.05, 4.69) is 20.3 Å². The Morgan fingerprint density at radius 1 is 1.12 bits per heavy atom. The minimum atomic E-state index is 0.199. The number of benzene rings is 1. The third kappa shape index (κ3) is 3.08. The third-order valence-electron chi connectivity index (χ3n) is 4.30. The second-order valence-electron chi connectivity index (χ2n) is 6.00. The van der Waals surface area contributed by atoms with Crippen LogP contribution in [0.4, 0.5) is 17.3 Å². The number of rotatable bonds is 4. The maximum atomic E-state index is 11.8. The Bertz CT molecular complexity index is 925. The van der Waals surface area contributed by atoms with Gasteiger partial charge in [0.25, 0.3) is 0 Å². The van der Waals surface area contributed by atoms with Crippen molar-refractivity contribution < 1.29 is 4.79 Å². The van der Waals surface area contributed by atoms with Crippen LogP contribution in [0.5, 0.6) is 0 Å². The van der Waals surface area contributed by atoms with Gasteiger partial charge < -0.3 is 16.0 Å². The summed E-state index contributed by atoms with van der Waals surface area (Å²) < 4.78 is 0. The molecule has 3 heterocycles. The normalized spacial score (nSPS) is 14.2. The van der Waals surface area contributed by atoms with Crippen LogP contribution in [-0.2, 0) is 11.3 Å². The summed E-state index contributed by atoms with van der Waals surface area (Å²) in [5, 5.41) is 4.14. The van der Waals surface area contributed by atoms with Gasteiger partial charge in [-0.2, -0.15) is 0 Å². The first-order valence-electron chi connectivity index (χ1n) is 8.21. The molecule has 2 aromatic heterocycles. The summed E-state index contributed by atoms with van der Waals surface area (Å²) >= 11 is 0. The van der Waals surface area contributed by atoms with Gasteiger partial charge >= 0.3 is 0 Å². The first-order valence-corrected chi connectivity index (χ1v) is 8.21. The van der Waals surface area contributed by atoms with Crippen molar-refractivity contribution in [1.82, 2.24) is 15.0 Å². The molecule has 1 aliphatic rings. The van der Waals surface area contributed by atoms with Crippen molar-refractivity contribution in [2.75, 3.05) is 22.5 Å². The molecular weight excluding hydrogens is 316 g/mol. The van der Waals surface area contributed by atoms with Crippen LogP contribution in [0, 0.1) is 0 Å². The highest BCUT2D eigenvalue weighted by molar-refractivity contribution is 5.95. The number of aromatic nitrogens is 3. The van der Waals surface area contributed by atoms with Crippen molar-refractivity contribution in [3.05, 3.63) is 48.3 Å². The van der Waals surface area contributed by atoms with Crippen LogP contribution in [0.25, 0.3) is 11.0 Å². The van der Waals surface area contributed by atoms with Gasteiger partial charge in [-0.15, -0.1) is 0 Å². The number of amides is 1. The number of anilines is 3. The number of nitrogens with one attached hydrogen (secondary N) is 1. The standard InChI is InChI=1S/C18H18N6O/c19-15-8-7-14-17(21-11-22-18(14)23-15)20-10-12-3-5-13(6-4-12)24-9-1-2-16(24)25/h3-8,11H,1-2,9-10H2,(H3,19,20,21,22,23). The smallest absolute Gasteiger partial charge is 0.227 e. The molecule has 7 nitrogen and oxygen atoms in total. The molecule has 0 atom stereocenters. The summed E-state index contributed by atoms with van der Waals surface area (Å²) in [5.74, 6) is 1.35. The zero-order chi connectivity index (χ0) is 17.2. The zero-order valence-corrected chi connectivity index (χ0v) is 13.6. The van der Waals surface area contributed by atoms with Gasteiger partial charge in [0.1, 0.15) is 18.0 Å². The second-order valence-corrected chi connectivity index (χ2v) is 6.00. The zero-order valence-electron chi connectivity index (χ0n) is 13.6. The Hall–Kier alpha value is -3.22. The van der Waals surface area contributed by atoms with E-state index in [1.54, 1.807) is 6.07 Å². The molecule has 0 aliphatic carbocycles. The fourth-order valence-electron chi connectivity index (χ4n) is 3.00. The van der Waals surface area contributed by atoms with Crippen molar-refractivity contribution in [3.8, 4) is 0 Å². The molecule has 1 amide bonds. The van der Waals surface area contributed by atoms with E-state index in [1.165, 1.54) is 6.33 Å². The number of carbonyl (C=O) groups excluding carboxylic acids is 1. The summed E-state index contributed by atoms with van der Waals surface area (Å²) in [6.07, 6.45) is 3.04. The van der Waals surface area contributed by atoms with Crippen LogP contribution < -0.4 is 16.0 Å². The van der Waals surface area contributed by atoms with E-state index >= 15 is 0 Å². The maximum absolute atomic E-state index is 11.8. The van der Waals surface area contributed by atoms with Gasteiger partial charge in [0.05, 0.1) is 5.39 Å². The van der Waals surface area contributed by atoms with Crippen molar-refractivity contribution in [2.24, 2.45) is 0 Å². The van der Waals surface area contributed by atoms with E-state index in [9.17, 15) is 4.79 Å². The largest absolute Gasteiger partial charge is 0.384 e. The van der Waals surface area contributed by atoms with Gasteiger partial charge in [0.2, 0.25) is 5.91 Å². The number of nitrogens with two attached hydrogens (primary N) is 1. The van der Waals surface area contributed by atoms with Crippen LogP contribution in [-0.4, -0.2) is 27.4 Å². The molecule has 4 rings (SSSR count). The molecule has 0 unspecified atom stereocenters. The average Bonchev–Trinajstić information content (AvgIpc) is 3.06. The van der Waals surface area contributed by atoms with Gasteiger partial charge in [0, 0.05) is 25.2 Å². The second kappa shape index (κ2) is 6.35. The molecule has 3 N–H and O–H groups in total. The number of hydrogen-bond acceptors (Lipinski definition) is 6. The predicted molar refractivity (Wildman–Crippen MR) is 97.1 cm³/mol. The van der Waals surface area contributed by atoms with Crippen LogP contribution in [0.15, 0.2) is 42.7 Å². The van der Waals surface area contributed by atoms with Crippen molar-refractivity contribution in [3.63, 3.8) is 0 Å². The summed E-state index contributed by atoms with van der Waals surface area (Å²) in [4.78, 5) is 26.3. The monoisotopic (exact) mass is 334 g/mol. The van der Waals surface area contributed by atoms with E-state index < -0.39 is 0 Å². The van der Waals surface area contributed by atoms with Gasteiger partial charge in [-0.25, -0.2) is 15.0 Å². The molecular formula is C18H18N6O. The number of fused-ring (bicyclic) bond motifs is 1. The highest BCUT2D eigenvalue weighted by Gasteiger charge is 2.21. The van der Waals surface area contributed by atoms with E-state index in [-0.39, 0.29) is 5.91 Å². The Labute approximate surface area is 144 Å². The van der Waals surface area contributed by atoms with E-state index in [0.29, 0.717) is 24.4 Å². The Morgan fingerprint density at radius 2 is 1.96 bits per heavy atom.